The SMILES string of the molecule is O=C(NCCc1ccncc1)c1cccc(F)c1F. The standard InChI is InChI=1S/C14H12F2N2O/c15-12-3-1-2-11(13(12)16)14(19)18-9-6-10-4-7-17-8-5-10/h1-5,7-8H,6,9H2,(H,18,19). The summed E-state index contributed by atoms with van der Waals surface area (Å²) in [6.07, 6.45) is 3.91. The Morgan fingerprint density at radius 2 is 1.89 bits per heavy atom. The van der Waals surface area contributed by atoms with E-state index in [1.807, 2.05) is 12.1 Å². The summed E-state index contributed by atoms with van der Waals surface area (Å²) in [4.78, 5) is 15.6. The average molecular weight is 262 g/mol. The Labute approximate surface area is 109 Å². The van der Waals surface area contributed by atoms with Crippen molar-refractivity contribution in [3.8, 4) is 0 Å². The highest BCUT2D eigenvalue weighted by Crippen LogP contribution is 2.11. The van der Waals surface area contributed by atoms with E-state index in [-0.39, 0.29) is 5.56 Å². The first-order chi connectivity index (χ1) is 9.18. The third-order valence-corrected chi connectivity index (χ3v) is 2.64. The minimum atomic E-state index is -1.12. The molecular formula is C14H12F2N2O. The molecule has 0 aliphatic carbocycles. The summed E-state index contributed by atoms with van der Waals surface area (Å²) in [5.74, 6) is -2.77. The first-order valence-electron chi connectivity index (χ1n) is 5.79. The summed E-state index contributed by atoms with van der Waals surface area (Å²) in [6, 6.07) is 7.18. The molecule has 0 aliphatic rings. The molecule has 1 amide bonds. The molecule has 3 nitrogen and oxygen atoms in total. The average Bonchev–Trinajstić information content (AvgIpc) is 2.43. The molecule has 0 saturated heterocycles. The number of carbonyl (C=O) groups is 1. The zero-order valence-corrected chi connectivity index (χ0v) is 10.1. The van der Waals surface area contributed by atoms with Gasteiger partial charge in [-0.2, -0.15) is 0 Å². The molecule has 5 heteroatoms. The summed E-state index contributed by atoms with van der Waals surface area (Å²) in [6.45, 7) is 0.346. The van der Waals surface area contributed by atoms with Gasteiger partial charge in [0.15, 0.2) is 11.6 Å². The zero-order chi connectivity index (χ0) is 13.7. The monoisotopic (exact) mass is 262 g/mol. The van der Waals surface area contributed by atoms with Crippen molar-refractivity contribution < 1.29 is 13.6 Å². The van der Waals surface area contributed by atoms with Gasteiger partial charge in [-0.1, -0.05) is 6.07 Å². The number of hydrogen-bond acceptors (Lipinski definition) is 2. The fourth-order valence-electron chi connectivity index (χ4n) is 1.64. The minimum Gasteiger partial charge on any atom is -0.352 e. The van der Waals surface area contributed by atoms with Gasteiger partial charge < -0.3 is 5.32 Å². The van der Waals surface area contributed by atoms with Gasteiger partial charge in [-0.05, 0) is 36.2 Å². The molecule has 0 atom stereocenters. The second-order valence-electron chi connectivity index (χ2n) is 3.96. The molecule has 0 spiro atoms. The van der Waals surface area contributed by atoms with Crippen molar-refractivity contribution in [2.24, 2.45) is 0 Å². The van der Waals surface area contributed by atoms with E-state index < -0.39 is 17.5 Å². The number of carbonyl (C=O) groups excluding carboxylic acids is 1. The third kappa shape index (κ3) is 3.34. The van der Waals surface area contributed by atoms with Crippen LogP contribution in [0.4, 0.5) is 8.78 Å². The Bertz CT molecular complexity index is 573. The van der Waals surface area contributed by atoms with E-state index in [9.17, 15) is 13.6 Å². The number of aromatic nitrogens is 1. The van der Waals surface area contributed by atoms with Crippen molar-refractivity contribution in [2.45, 2.75) is 6.42 Å². The van der Waals surface area contributed by atoms with Gasteiger partial charge in [0.05, 0.1) is 5.56 Å². The van der Waals surface area contributed by atoms with Crippen molar-refractivity contribution in [1.29, 1.82) is 0 Å². The number of rotatable bonds is 4. The molecule has 0 radical (unpaired) electrons. The maximum atomic E-state index is 13.4. The molecule has 2 rings (SSSR count). The van der Waals surface area contributed by atoms with Gasteiger partial charge in [0, 0.05) is 18.9 Å². The quantitative estimate of drug-likeness (QED) is 0.918. The molecule has 0 bridgehead atoms. The lowest BCUT2D eigenvalue weighted by Gasteiger charge is -2.06. The molecule has 98 valence electrons. The maximum Gasteiger partial charge on any atom is 0.254 e. The predicted molar refractivity (Wildman–Crippen MR) is 66.6 cm³/mol. The Balaban J connectivity index is 1.93. The van der Waals surface area contributed by atoms with Gasteiger partial charge >= 0.3 is 0 Å². The topological polar surface area (TPSA) is 42.0 Å². The second-order valence-corrected chi connectivity index (χ2v) is 3.96. The molecule has 2 aromatic rings. The van der Waals surface area contributed by atoms with Crippen molar-refractivity contribution >= 4 is 5.91 Å². The highest BCUT2D eigenvalue weighted by Gasteiger charge is 2.14. The van der Waals surface area contributed by atoms with E-state index in [2.05, 4.69) is 10.3 Å². The molecule has 0 saturated carbocycles. The number of nitrogens with one attached hydrogen (secondary N) is 1. The molecule has 0 aliphatic heterocycles. The lowest BCUT2D eigenvalue weighted by atomic mass is 10.1. The molecule has 1 aromatic carbocycles. The smallest absolute Gasteiger partial charge is 0.254 e. The summed E-state index contributed by atoms with van der Waals surface area (Å²) >= 11 is 0. The van der Waals surface area contributed by atoms with Crippen LogP contribution in [0.2, 0.25) is 0 Å². The first kappa shape index (κ1) is 13.1. The molecule has 0 unspecified atom stereocenters. The Hall–Kier alpha value is -2.30. The van der Waals surface area contributed by atoms with Crippen LogP contribution >= 0.6 is 0 Å². The van der Waals surface area contributed by atoms with Crippen LogP contribution in [-0.4, -0.2) is 17.4 Å². The van der Waals surface area contributed by atoms with Gasteiger partial charge in [0.1, 0.15) is 0 Å². The van der Waals surface area contributed by atoms with Crippen molar-refractivity contribution in [3.05, 3.63) is 65.5 Å². The summed E-state index contributed by atoms with van der Waals surface area (Å²) in [5.41, 5.74) is 0.727. The fraction of sp³-hybridized carbons (Fsp3) is 0.143. The lowest BCUT2D eigenvalue weighted by molar-refractivity contribution is 0.0949. The Morgan fingerprint density at radius 1 is 1.16 bits per heavy atom. The van der Waals surface area contributed by atoms with E-state index in [1.54, 1.807) is 12.4 Å². The number of pyridine rings is 1. The normalized spacial score (nSPS) is 10.2. The molecule has 1 heterocycles. The van der Waals surface area contributed by atoms with Crippen LogP contribution in [0, 0.1) is 11.6 Å². The highest BCUT2D eigenvalue weighted by atomic mass is 19.2. The van der Waals surface area contributed by atoms with Crippen LogP contribution in [0.5, 0.6) is 0 Å². The van der Waals surface area contributed by atoms with Crippen LogP contribution in [-0.2, 0) is 6.42 Å². The van der Waals surface area contributed by atoms with E-state index in [0.29, 0.717) is 13.0 Å². The number of amides is 1. The fourth-order valence-corrected chi connectivity index (χ4v) is 1.64. The Kier molecular flexibility index (Phi) is 4.18. The van der Waals surface area contributed by atoms with E-state index in [1.165, 1.54) is 12.1 Å². The largest absolute Gasteiger partial charge is 0.352 e. The minimum absolute atomic E-state index is 0.283. The van der Waals surface area contributed by atoms with Crippen LogP contribution in [0.3, 0.4) is 0 Å². The molecule has 19 heavy (non-hydrogen) atoms. The number of benzene rings is 1. The number of halogens is 2. The lowest BCUT2D eigenvalue weighted by Crippen LogP contribution is -2.26. The van der Waals surface area contributed by atoms with Crippen molar-refractivity contribution in [2.75, 3.05) is 6.54 Å². The number of hydrogen-bond donors (Lipinski definition) is 1. The maximum absolute atomic E-state index is 13.4. The number of nitrogens with zero attached hydrogens (tertiary/aromatic N) is 1. The highest BCUT2D eigenvalue weighted by molar-refractivity contribution is 5.94. The van der Waals surface area contributed by atoms with Gasteiger partial charge in [0.25, 0.3) is 5.91 Å². The van der Waals surface area contributed by atoms with Crippen LogP contribution in [0.15, 0.2) is 42.7 Å². The molecule has 1 aromatic heterocycles. The summed E-state index contributed by atoms with van der Waals surface area (Å²) < 4.78 is 26.3. The predicted octanol–water partition coefficient (Wildman–Crippen LogP) is 2.33. The van der Waals surface area contributed by atoms with Crippen LogP contribution in [0.25, 0.3) is 0 Å². The van der Waals surface area contributed by atoms with E-state index >= 15 is 0 Å². The van der Waals surface area contributed by atoms with Gasteiger partial charge in [-0.15, -0.1) is 0 Å². The summed E-state index contributed by atoms with van der Waals surface area (Å²) in [7, 11) is 0. The van der Waals surface area contributed by atoms with Gasteiger partial charge in [-0.25, -0.2) is 8.78 Å². The third-order valence-electron chi connectivity index (χ3n) is 2.64. The van der Waals surface area contributed by atoms with Crippen LogP contribution in [0.1, 0.15) is 15.9 Å². The zero-order valence-electron chi connectivity index (χ0n) is 10.1. The summed E-state index contributed by atoms with van der Waals surface area (Å²) in [5, 5.41) is 2.55. The van der Waals surface area contributed by atoms with Crippen LogP contribution < -0.4 is 5.32 Å². The second kappa shape index (κ2) is 6.04. The molecule has 0 fully saturated rings. The van der Waals surface area contributed by atoms with Gasteiger partial charge in [0.2, 0.25) is 0 Å². The first-order valence-corrected chi connectivity index (χ1v) is 5.79. The van der Waals surface area contributed by atoms with E-state index in [0.717, 1.165) is 11.6 Å². The molecular weight excluding hydrogens is 250 g/mol. The Morgan fingerprint density at radius 3 is 2.63 bits per heavy atom. The van der Waals surface area contributed by atoms with Crippen molar-refractivity contribution in [1.82, 2.24) is 10.3 Å². The van der Waals surface area contributed by atoms with E-state index in [4.69, 9.17) is 0 Å². The molecule has 1 N–H and O–H groups in total. The van der Waals surface area contributed by atoms with Crippen molar-refractivity contribution in [3.63, 3.8) is 0 Å². The van der Waals surface area contributed by atoms with Gasteiger partial charge in [-0.3, -0.25) is 9.78 Å².